The number of aryl methyl sites for hydroxylation is 1. The summed E-state index contributed by atoms with van der Waals surface area (Å²) in [6.45, 7) is 1.51. The Morgan fingerprint density at radius 3 is 2.35 bits per heavy atom. The van der Waals surface area contributed by atoms with Gasteiger partial charge in [0.15, 0.2) is 0 Å². The van der Waals surface area contributed by atoms with Crippen molar-refractivity contribution in [1.29, 1.82) is 0 Å². The van der Waals surface area contributed by atoms with Crippen molar-refractivity contribution in [2.75, 3.05) is 30.6 Å². The maximum Gasteiger partial charge on any atom is 0.414 e. The van der Waals surface area contributed by atoms with Crippen LogP contribution in [0.2, 0.25) is 0 Å². The maximum absolute atomic E-state index is 13.1. The molecule has 0 unspecified atom stereocenters. The van der Waals surface area contributed by atoms with Crippen LogP contribution in [0.5, 0.6) is 5.75 Å². The summed E-state index contributed by atoms with van der Waals surface area (Å²) in [4.78, 5) is 25.2. The summed E-state index contributed by atoms with van der Waals surface area (Å²) in [7, 11) is -4.24. The minimum atomic E-state index is -4.41. The van der Waals surface area contributed by atoms with Crippen molar-refractivity contribution in [3.8, 4) is 5.75 Å². The lowest BCUT2D eigenvalue weighted by Gasteiger charge is -2.15. The second-order valence-corrected chi connectivity index (χ2v) is 10.5. The minimum Gasteiger partial charge on any atom is -0.421 e. The summed E-state index contributed by atoms with van der Waals surface area (Å²) >= 11 is 0. The number of carbonyl (C=O) groups excluding carboxylic acids is 1. The highest BCUT2D eigenvalue weighted by molar-refractivity contribution is 7.93. The number of amides is 1. The van der Waals surface area contributed by atoms with Crippen LogP contribution in [-0.4, -0.2) is 49.0 Å². The Kier molecular flexibility index (Phi) is 6.86. The van der Waals surface area contributed by atoms with Gasteiger partial charge in [0.25, 0.3) is 20.2 Å². The molecule has 3 rings (SSSR count). The van der Waals surface area contributed by atoms with Crippen molar-refractivity contribution in [3.63, 3.8) is 0 Å². The molecule has 0 aliphatic rings. The molecule has 0 atom stereocenters. The van der Waals surface area contributed by atoms with Crippen LogP contribution in [0.25, 0.3) is 11.0 Å². The minimum absolute atomic E-state index is 0.0803. The van der Waals surface area contributed by atoms with Crippen LogP contribution in [-0.2, 0) is 20.2 Å². The number of benzene rings is 2. The Balaban J connectivity index is 2.02. The number of para-hydroxylation sites is 1. The Morgan fingerprint density at radius 1 is 1.03 bits per heavy atom. The summed E-state index contributed by atoms with van der Waals surface area (Å²) in [5, 5.41) is 0.395. The first-order chi connectivity index (χ1) is 15.8. The largest absolute Gasteiger partial charge is 0.421 e. The average molecular weight is 511 g/mol. The zero-order valence-corrected chi connectivity index (χ0v) is 20.2. The van der Waals surface area contributed by atoms with E-state index in [2.05, 4.69) is 9.44 Å². The number of rotatable bonds is 7. The molecule has 14 heteroatoms. The predicted octanol–water partition coefficient (Wildman–Crippen LogP) is 1.84. The maximum atomic E-state index is 13.1. The second kappa shape index (κ2) is 9.32. The molecule has 0 radical (unpaired) electrons. The standard InChI is InChI=1S/C20H22N4O8S2/c1-12-14-10-9-13(31-20(26)24(3)4)11-16(14)32-19(25)18(12)23-33(27,28)17-8-6-5-7-15(17)22-34(29,30)21-2/h5-11,21-23H,1-4H3. The third-order valence-corrected chi connectivity index (χ3v) is 7.07. The summed E-state index contributed by atoms with van der Waals surface area (Å²) in [5.74, 6) is 0.132. The van der Waals surface area contributed by atoms with Gasteiger partial charge in [0.1, 0.15) is 21.9 Å². The van der Waals surface area contributed by atoms with Crippen molar-refractivity contribution in [3.05, 3.63) is 58.4 Å². The molecular formula is C20H22N4O8S2. The van der Waals surface area contributed by atoms with Crippen LogP contribution in [0.15, 0.2) is 56.6 Å². The Morgan fingerprint density at radius 2 is 1.71 bits per heavy atom. The highest BCUT2D eigenvalue weighted by Crippen LogP contribution is 2.29. The normalized spacial score (nSPS) is 11.8. The molecule has 1 aromatic heterocycles. The zero-order valence-electron chi connectivity index (χ0n) is 18.6. The Hall–Kier alpha value is -3.62. The zero-order chi connectivity index (χ0) is 25.3. The number of carbonyl (C=O) groups is 1. The molecule has 0 bridgehead atoms. The fourth-order valence-electron chi connectivity index (χ4n) is 2.88. The fourth-order valence-corrected chi connectivity index (χ4v) is 4.80. The van der Waals surface area contributed by atoms with Crippen molar-refractivity contribution >= 4 is 48.7 Å². The van der Waals surface area contributed by atoms with Crippen LogP contribution >= 0.6 is 0 Å². The van der Waals surface area contributed by atoms with Gasteiger partial charge in [-0.2, -0.15) is 8.42 Å². The Labute approximate surface area is 195 Å². The summed E-state index contributed by atoms with van der Waals surface area (Å²) in [6.07, 6.45) is -0.629. The van der Waals surface area contributed by atoms with Crippen molar-refractivity contribution in [2.45, 2.75) is 11.8 Å². The van der Waals surface area contributed by atoms with Crippen LogP contribution < -0.4 is 24.5 Å². The summed E-state index contributed by atoms with van der Waals surface area (Å²) < 4.78 is 66.6. The molecule has 0 spiro atoms. The number of hydrogen-bond donors (Lipinski definition) is 3. The first-order valence-electron chi connectivity index (χ1n) is 9.64. The summed E-state index contributed by atoms with van der Waals surface area (Å²) in [6, 6.07) is 9.61. The van der Waals surface area contributed by atoms with Gasteiger partial charge >= 0.3 is 11.7 Å². The van der Waals surface area contributed by atoms with E-state index in [9.17, 15) is 26.4 Å². The number of nitrogens with zero attached hydrogens (tertiary/aromatic N) is 1. The van der Waals surface area contributed by atoms with Gasteiger partial charge in [0, 0.05) is 32.6 Å². The molecule has 3 N–H and O–H groups in total. The molecule has 0 saturated carbocycles. The highest BCUT2D eigenvalue weighted by Gasteiger charge is 2.24. The van der Waals surface area contributed by atoms with Gasteiger partial charge in [-0.3, -0.25) is 9.44 Å². The van der Waals surface area contributed by atoms with Gasteiger partial charge in [0.05, 0.1) is 5.69 Å². The van der Waals surface area contributed by atoms with E-state index in [0.29, 0.717) is 5.39 Å². The first-order valence-corrected chi connectivity index (χ1v) is 12.6. The van der Waals surface area contributed by atoms with Crippen LogP contribution in [0.4, 0.5) is 16.2 Å². The van der Waals surface area contributed by atoms with Crippen LogP contribution in [0.1, 0.15) is 5.56 Å². The lowest BCUT2D eigenvalue weighted by molar-refractivity contribution is 0.172. The van der Waals surface area contributed by atoms with Gasteiger partial charge in [0.2, 0.25) is 0 Å². The molecule has 182 valence electrons. The van der Waals surface area contributed by atoms with Crippen molar-refractivity contribution in [1.82, 2.24) is 9.62 Å². The lowest BCUT2D eigenvalue weighted by atomic mass is 10.1. The number of hydrogen-bond acceptors (Lipinski definition) is 8. The molecule has 0 fully saturated rings. The van der Waals surface area contributed by atoms with Gasteiger partial charge in [-0.15, -0.1) is 0 Å². The van der Waals surface area contributed by atoms with Crippen LogP contribution in [0, 0.1) is 6.92 Å². The predicted molar refractivity (Wildman–Crippen MR) is 126 cm³/mol. The molecule has 2 aromatic carbocycles. The van der Waals surface area contributed by atoms with Gasteiger partial charge < -0.3 is 14.1 Å². The number of ether oxygens (including phenoxy) is 1. The third kappa shape index (κ3) is 5.30. The van der Waals surface area contributed by atoms with E-state index in [1.54, 1.807) is 0 Å². The molecule has 0 saturated heterocycles. The molecule has 1 amide bonds. The van der Waals surface area contributed by atoms with E-state index in [-0.39, 0.29) is 28.3 Å². The monoisotopic (exact) mass is 510 g/mol. The molecule has 0 aliphatic heterocycles. The van der Waals surface area contributed by atoms with E-state index < -0.39 is 36.8 Å². The van der Waals surface area contributed by atoms with E-state index in [4.69, 9.17) is 9.15 Å². The molecule has 1 heterocycles. The average Bonchev–Trinajstić information content (AvgIpc) is 2.76. The number of sulfonamides is 1. The number of anilines is 2. The summed E-state index contributed by atoms with van der Waals surface area (Å²) in [5.41, 5.74) is -1.22. The van der Waals surface area contributed by atoms with Gasteiger partial charge in [-0.25, -0.2) is 22.7 Å². The van der Waals surface area contributed by atoms with Gasteiger partial charge in [-0.1, -0.05) is 12.1 Å². The van der Waals surface area contributed by atoms with Gasteiger partial charge in [-0.05, 0) is 36.8 Å². The SMILES string of the molecule is CNS(=O)(=O)Nc1ccccc1S(=O)(=O)Nc1c(C)c2ccc(OC(=O)N(C)C)cc2oc1=O. The van der Waals surface area contributed by atoms with E-state index in [1.807, 2.05) is 4.72 Å². The molecule has 3 aromatic rings. The lowest BCUT2D eigenvalue weighted by Crippen LogP contribution is -2.28. The quantitative estimate of drug-likeness (QED) is 0.405. The number of fused-ring (bicyclic) bond motifs is 1. The molecular weight excluding hydrogens is 488 g/mol. The third-order valence-electron chi connectivity index (χ3n) is 4.64. The smallest absolute Gasteiger partial charge is 0.414 e. The number of nitrogens with one attached hydrogen (secondary N) is 3. The van der Waals surface area contributed by atoms with E-state index in [0.717, 1.165) is 7.05 Å². The first kappa shape index (κ1) is 25.0. The fraction of sp³-hybridized carbons (Fsp3) is 0.200. The second-order valence-electron chi connectivity index (χ2n) is 7.22. The molecule has 34 heavy (non-hydrogen) atoms. The van der Waals surface area contributed by atoms with E-state index in [1.165, 1.54) is 68.4 Å². The van der Waals surface area contributed by atoms with Crippen molar-refractivity contribution in [2.24, 2.45) is 0 Å². The van der Waals surface area contributed by atoms with Crippen LogP contribution in [0.3, 0.4) is 0 Å². The molecule has 12 nitrogen and oxygen atoms in total. The van der Waals surface area contributed by atoms with E-state index >= 15 is 0 Å². The highest BCUT2D eigenvalue weighted by atomic mass is 32.2. The topological polar surface area (TPSA) is 164 Å². The van der Waals surface area contributed by atoms with Crippen molar-refractivity contribution < 1.29 is 30.8 Å². The Bertz CT molecular complexity index is 1530. The molecule has 0 aliphatic carbocycles.